The summed E-state index contributed by atoms with van der Waals surface area (Å²) < 4.78 is 2.11. The van der Waals surface area contributed by atoms with Crippen LogP contribution in [0.1, 0.15) is 24.2 Å². The van der Waals surface area contributed by atoms with Crippen molar-refractivity contribution in [1.29, 1.82) is 0 Å². The molecule has 1 N–H and O–H groups in total. The van der Waals surface area contributed by atoms with Crippen molar-refractivity contribution < 1.29 is 0 Å². The van der Waals surface area contributed by atoms with Gasteiger partial charge in [-0.05, 0) is 44.9 Å². The van der Waals surface area contributed by atoms with Crippen molar-refractivity contribution in [3.8, 4) is 5.82 Å². The quantitative estimate of drug-likeness (QED) is 0.727. The van der Waals surface area contributed by atoms with E-state index in [-0.39, 0.29) is 4.75 Å². The van der Waals surface area contributed by atoms with E-state index >= 15 is 0 Å². The molecule has 25 heavy (non-hydrogen) atoms. The third-order valence-corrected chi connectivity index (χ3v) is 5.82. The van der Waals surface area contributed by atoms with Crippen LogP contribution in [-0.2, 0) is 0 Å². The molecule has 1 aliphatic carbocycles. The molecule has 4 rings (SSSR count). The van der Waals surface area contributed by atoms with E-state index in [4.69, 9.17) is 0 Å². The summed E-state index contributed by atoms with van der Waals surface area (Å²) in [6, 6.07) is 12.6. The zero-order valence-electron chi connectivity index (χ0n) is 14.4. The minimum absolute atomic E-state index is 0.275. The first-order chi connectivity index (χ1) is 12.1. The van der Waals surface area contributed by atoms with E-state index in [0.717, 1.165) is 29.6 Å². The molecule has 0 aliphatic heterocycles. The molecule has 128 valence electrons. The molecule has 3 aromatic rings. The number of hydrogen-bond donors (Lipinski definition) is 1. The molecule has 2 aromatic heterocycles. The number of rotatable bonds is 6. The molecule has 6 heteroatoms. The van der Waals surface area contributed by atoms with Crippen molar-refractivity contribution in [1.82, 2.24) is 19.7 Å². The van der Waals surface area contributed by atoms with Gasteiger partial charge in [0.15, 0.2) is 5.82 Å². The van der Waals surface area contributed by atoms with E-state index in [9.17, 15) is 0 Å². The van der Waals surface area contributed by atoms with Gasteiger partial charge in [0.25, 0.3) is 0 Å². The van der Waals surface area contributed by atoms with Crippen LogP contribution in [0.2, 0.25) is 0 Å². The lowest BCUT2D eigenvalue weighted by Crippen LogP contribution is -2.19. The third-order valence-electron chi connectivity index (χ3n) is 4.33. The lowest BCUT2D eigenvalue weighted by molar-refractivity contribution is 0.798. The van der Waals surface area contributed by atoms with Crippen molar-refractivity contribution in [2.75, 3.05) is 11.9 Å². The first-order valence-electron chi connectivity index (χ1n) is 8.47. The van der Waals surface area contributed by atoms with E-state index in [0.29, 0.717) is 0 Å². The lowest BCUT2D eigenvalue weighted by atomic mass is 10.4. The number of anilines is 1. The van der Waals surface area contributed by atoms with Crippen LogP contribution < -0.4 is 5.32 Å². The van der Waals surface area contributed by atoms with Crippen LogP contribution in [0.4, 0.5) is 5.82 Å². The summed E-state index contributed by atoms with van der Waals surface area (Å²) in [5.41, 5.74) is 2.04. The maximum atomic E-state index is 4.67. The van der Waals surface area contributed by atoms with Gasteiger partial charge >= 0.3 is 0 Å². The largest absolute Gasteiger partial charge is 0.367 e. The summed E-state index contributed by atoms with van der Waals surface area (Å²) >= 11 is 1.95. The first kappa shape index (κ1) is 16.1. The highest BCUT2D eigenvalue weighted by Crippen LogP contribution is 2.51. The molecule has 0 amide bonds. The second-order valence-corrected chi connectivity index (χ2v) is 8.09. The molecule has 0 spiro atoms. The molecule has 0 radical (unpaired) electrons. The summed E-state index contributed by atoms with van der Waals surface area (Å²) in [5.74, 6) is 1.54. The van der Waals surface area contributed by atoms with Gasteiger partial charge < -0.3 is 5.32 Å². The lowest BCUT2D eigenvalue weighted by Gasteiger charge is -2.16. The highest BCUT2D eigenvalue weighted by atomic mass is 32.2. The van der Waals surface area contributed by atoms with Gasteiger partial charge in [0.05, 0.1) is 18.1 Å². The smallest absolute Gasteiger partial charge is 0.174 e. The predicted octanol–water partition coefficient (Wildman–Crippen LogP) is 4.02. The zero-order chi connectivity index (χ0) is 17.3. The van der Waals surface area contributed by atoms with Gasteiger partial charge in [-0.3, -0.25) is 4.98 Å². The summed E-state index contributed by atoms with van der Waals surface area (Å²) in [6.07, 6.45) is 5.98. The van der Waals surface area contributed by atoms with Gasteiger partial charge in [0.1, 0.15) is 5.82 Å². The van der Waals surface area contributed by atoms with Crippen LogP contribution in [0.25, 0.3) is 5.82 Å². The van der Waals surface area contributed by atoms with E-state index in [1.165, 1.54) is 17.7 Å². The normalized spacial score (nSPS) is 15.1. The Kier molecular flexibility index (Phi) is 4.21. The highest BCUT2D eigenvalue weighted by Gasteiger charge is 2.43. The van der Waals surface area contributed by atoms with Crippen LogP contribution in [-0.4, -0.2) is 31.0 Å². The number of thioether (sulfide) groups is 1. The Bertz CT molecular complexity index is 871. The molecule has 0 unspecified atom stereocenters. The Hall–Kier alpha value is -2.34. The number of hydrogen-bond acceptors (Lipinski definition) is 5. The van der Waals surface area contributed by atoms with Crippen LogP contribution in [0.15, 0.2) is 53.7 Å². The SMILES string of the molecule is Cc1cc(C)n(-c2cncc(NCC3(Sc4ccccc4)CC3)n2)n1. The van der Waals surface area contributed by atoms with Gasteiger partial charge in [-0.25, -0.2) is 9.67 Å². The maximum Gasteiger partial charge on any atom is 0.174 e. The van der Waals surface area contributed by atoms with Gasteiger partial charge in [-0.15, -0.1) is 11.8 Å². The highest BCUT2D eigenvalue weighted by molar-refractivity contribution is 8.01. The average molecular weight is 351 g/mol. The second kappa shape index (κ2) is 6.52. The Morgan fingerprint density at radius 2 is 1.96 bits per heavy atom. The molecule has 5 nitrogen and oxygen atoms in total. The number of benzene rings is 1. The topological polar surface area (TPSA) is 55.6 Å². The predicted molar refractivity (Wildman–Crippen MR) is 101 cm³/mol. The monoisotopic (exact) mass is 351 g/mol. The van der Waals surface area contributed by atoms with E-state index in [1.807, 2.05) is 36.4 Å². The second-order valence-electron chi connectivity index (χ2n) is 6.55. The van der Waals surface area contributed by atoms with Crippen LogP contribution in [0.5, 0.6) is 0 Å². The molecule has 1 aliphatic rings. The first-order valence-corrected chi connectivity index (χ1v) is 9.29. The molecule has 0 saturated heterocycles. The zero-order valence-corrected chi connectivity index (χ0v) is 15.3. The van der Waals surface area contributed by atoms with Crippen molar-refractivity contribution in [3.63, 3.8) is 0 Å². The Morgan fingerprint density at radius 1 is 1.16 bits per heavy atom. The Labute approximate surface area is 151 Å². The summed E-state index contributed by atoms with van der Waals surface area (Å²) in [4.78, 5) is 10.3. The molecular weight excluding hydrogens is 330 g/mol. The van der Waals surface area contributed by atoms with Crippen LogP contribution in [0, 0.1) is 13.8 Å². The third kappa shape index (κ3) is 3.69. The molecule has 0 atom stereocenters. The minimum Gasteiger partial charge on any atom is -0.367 e. The summed E-state index contributed by atoms with van der Waals surface area (Å²) in [5, 5.41) is 7.95. The van der Waals surface area contributed by atoms with Crippen LogP contribution in [0.3, 0.4) is 0 Å². The number of nitrogens with zero attached hydrogens (tertiary/aromatic N) is 4. The Balaban J connectivity index is 1.45. The van der Waals surface area contributed by atoms with Gasteiger partial charge in [0, 0.05) is 21.9 Å². The molecule has 1 saturated carbocycles. The summed E-state index contributed by atoms with van der Waals surface area (Å²) in [7, 11) is 0. The Morgan fingerprint density at radius 3 is 2.64 bits per heavy atom. The summed E-state index contributed by atoms with van der Waals surface area (Å²) in [6.45, 7) is 4.90. The van der Waals surface area contributed by atoms with Gasteiger partial charge in [-0.1, -0.05) is 18.2 Å². The fourth-order valence-corrected chi connectivity index (χ4v) is 4.09. The molecule has 1 aromatic carbocycles. The molecule has 2 heterocycles. The fourth-order valence-electron chi connectivity index (χ4n) is 2.85. The van der Waals surface area contributed by atoms with Gasteiger partial charge in [0.2, 0.25) is 0 Å². The average Bonchev–Trinajstić information content (AvgIpc) is 3.30. The molecule has 0 bridgehead atoms. The number of aryl methyl sites for hydroxylation is 2. The van der Waals surface area contributed by atoms with Crippen molar-refractivity contribution in [2.45, 2.75) is 36.3 Å². The maximum absolute atomic E-state index is 4.67. The molecule has 1 fully saturated rings. The van der Waals surface area contributed by atoms with E-state index in [1.54, 1.807) is 12.4 Å². The minimum atomic E-state index is 0.275. The number of nitrogens with one attached hydrogen (secondary N) is 1. The van der Waals surface area contributed by atoms with E-state index < -0.39 is 0 Å². The fraction of sp³-hybridized carbons (Fsp3) is 0.316. The number of aromatic nitrogens is 4. The van der Waals surface area contributed by atoms with E-state index in [2.05, 4.69) is 50.7 Å². The van der Waals surface area contributed by atoms with Gasteiger partial charge in [-0.2, -0.15) is 5.10 Å². The standard InChI is InChI=1S/C19H21N5S/c1-14-10-15(2)24(23-14)18-12-20-11-17(22-18)21-13-19(8-9-19)25-16-6-4-3-5-7-16/h3-7,10-12H,8-9,13H2,1-2H3,(H,21,22). The van der Waals surface area contributed by atoms with Crippen molar-refractivity contribution >= 4 is 17.6 Å². The van der Waals surface area contributed by atoms with Crippen molar-refractivity contribution in [3.05, 3.63) is 60.2 Å². The van der Waals surface area contributed by atoms with Crippen molar-refractivity contribution in [2.24, 2.45) is 0 Å². The molecular formula is C19H21N5S. The van der Waals surface area contributed by atoms with Crippen LogP contribution >= 0.6 is 11.8 Å².